The Morgan fingerprint density at radius 2 is 1.79 bits per heavy atom. The zero-order valence-corrected chi connectivity index (χ0v) is 13.3. The van der Waals surface area contributed by atoms with E-state index in [0.29, 0.717) is 23.3 Å². The fraction of sp³-hybridized carbons (Fsp3) is 0.167. The molecule has 3 aromatic rings. The molecule has 0 saturated carbocycles. The summed E-state index contributed by atoms with van der Waals surface area (Å²) in [6.45, 7) is 2.71. The van der Waals surface area contributed by atoms with Crippen LogP contribution in [-0.2, 0) is 4.79 Å². The predicted octanol–water partition coefficient (Wildman–Crippen LogP) is 1.74. The zero-order chi connectivity index (χ0) is 16.9. The molecule has 0 aliphatic rings. The van der Waals surface area contributed by atoms with E-state index in [1.54, 1.807) is 18.2 Å². The minimum absolute atomic E-state index is 0.129. The van der Waals surface area contributed by atoms with Crippen molar-refractivity contribution in [3.05, 3.63) is 65.0 Å². The van der Waals surface area contributed by atoms with E-state index in [-0.39, 0.29) is 18.0 Å². The topological polar surface area (TPSA) is 76.0 Å². The van der Waals surface area contributed by atoms with Gasteiger partial charge in [0.05, 0.1) is 17.4 Å². The van der Waals surface area contributed by atoms with Crippen molar-refractivity contribution in [1.29, 1.82) is 0 Å². The van der Waals surface area contributed by atoms with Gasteiger partial charge in [0.25, 0.3) is 11.5 Å². The molecule has 0 unspecified atom stereocenters. The second-order valence-electron chi connectivity index (χ2n) is 5.27. The first-order chi connectivity index (χ1) is 11.7. The smallest absolute Gasteiger partial charge is 0.280 e. The Morgan fingerprint density at radius 1 is 1.08 bits per heavy atom. The van der Waals surface area contributed by atoms with Crippen molar-refractivity contribution in [1.82, 2.24) is 15.0 Å². The number of rotatable bonds is 5. The number of carbonyl (C=O) groups excluding carboxylic acids is 1. The number of nitrogens with zero attached hydrogens (tertiary/aromatic N) is 2. The largest absolute Gasteiger partial charge is 0.309 e. The van der Waals surface area contributed by atoms with E-state index in [9.17, 15) is 9.59 Å². The fourth-order valence-corrected chi connectivity index (χ4v) is 2.42. The number of likely N-dealkylation sites (N-methyl/N-ethyl adjacent to an activating group) is 1. The van der Waals surface area contributed by atoms with Crippen LogP contribution in [0, 0.1) is 0 Å². The molecule has 0 aliphatic heterocycles. The number of para-hydroxylation sites is 1. The monoisotopic (exact) mass is 322 g/mol. The van der Waals surface area contributed by atoms with Gasteiger partial charge in [0, 0.05) is 5.56 Å². The summed E-state index contributed by atoms with van der Waals surface area (Å²) >= 11 is 0. The number of aromatic nitrogens is 2. The maximum atomic E-state index is 12.8. The maximum absolute atomic E-state index is 12.8. The van der Waals surface area contributed by atoms with Gasteiger partial charge in [-0.1, -0.05) is 49.4 Å². The summed E-state index contributed by atoms with van der Waals surface area (Å²) in [4.78, 5) is 29.5. The van der Waals surface area contributed by atoms with Gasteiger partial charge in [0.15, 0.2) is 5.82 Å². The van der Waals surface area contributed by atoms with Gasteiger partial charge >= 0.3 is 0 Å². The number of nitrogens with one attached hydrogen (secondary N) is 2. The molecule has 2 aromatic carbocycles. The van der Waals surface area contributed by atoms with E-state index in [1.165, 1.54) is 4.68 Å². The molecule has 0 radical (unpaired) electrons. The van der Waals surface area contributed by atoms with E-state index in [4.69, 9.17) is 0 Å². The molecule has 0 atom stereocenters. The molecule has 24 heavy (non-hydrogen) atoms. The molecule has 0 fully saturated rings. The van der Waals surface area contributed by atoms with Gasteiger partial charge in [0.2, 0.25) is 0 Å². The highest BCUT2D eigenvalue weighted by Gasteiger charge is 2.14. The third-order valence-electron chi connectivity index (χ3n) is 3.58. The Hall–Kier alpha value is -2.99. The van der Waals surface area contributed by atoms with E-state index in [0.717, 1.165) is 5.56 Å². The third kappa shape index (κ3) is 3.18. The van der Waals surface area contributed by atoms with Crippen LogP contribution in [-0.4, -0.2) is 28.7 Å². The Balaban J connectivity index is 2.15. The van der Waals surface area contributed by atoms with Crippen LogP contribution in [0.5, 0.6) is 0 Å². The average molecular weight is 322 g/mol. The highest BCUT2D eigenvalue weighted by atomic mass is 16.2. The van der Waals surface area contributed by atoms with Crippen molar-refractivity contribution >= 4 is 16.8 Å². The van der Waals surface area contributed by atoms with E-state index >= 15 is 0 Å². The van der Waals surface area contributed by atoms with Crippen molar-refractivity contribution in [2.45, 2.75) is 6.92 Å². The first-order valence-corrected chi connectivity index (χ1v) is 7.78. The van der Waals surface area contributed by atoms with Gasteiger partial charge in [-0.25, -0.2) is 4.98 Å². The van der Waals surface area contributed by atoms with E-state index in [2.05, 4.69) is 15.7 Å². The lowest BCUT2D eigenvalue weighted by Gasteiger charge is -2.14. The quantitative estimate of drug-likeness (QED) is 0.750. The Labute approximate surface area is 139 Å². The first-order valence-electron chi connectivity index (χ1n) is 7.78. The summed E-state index contributed by atoms with van der Waals surface area (Å²) in [6, 6.07) is 16.4. The van der Waals surface area contributed by atoms with Crippen molar-refractivity contribution < 1.29 is 4.79 Å². The average Bonchev–Trinajstić information content (AvgIpc) is 2.63. The lowest BCUT2D eigenvalue weighted by atomic mass is 10.2. The van der Waals surface area contributed by atoms with Crippen LogP contribution in [0.1, 0.15) is 6.92 Å². The van der Waals surface area contributed by atoms with Crippen LogP contribution in [0.15, 0.2) is 59.4 Å². The Morgan fingerprint density at radius 3 is 2.54 bits per heavy atom. The predicted molar refractivity (Wildman–Crippen MR) is 94.4 cm³/mol. The molecule has 2 N–H and O–H groups in total. The number of benzene rings is 2. The fourth-order valence-electron chi connectivity index (χ4n) is 2.42. The van der Waals surface area contributed by atoms with Crippen LogP contribution in [0.25, 0.3) is 22.3 Å². The molecule has 0 bridgehead atoms. The summed E-state index contributed by atoms with van der Waals surface area (Å²) < 4.78 is 1.22. The highest BCUT2D eigenvalue weighted by molar-refractivity contribution is 5.87. The van der Waals surface area contributed by atoms with Crippen molar-refractivity contribution in [2.24, 2.45) is 0 Å². The number of hydrogen-bond donors (Lipinski definition) is 2. The molecular weight excluding hydrogens is 304 g/mol. The minimum atomic E-state index is -0.302. The molecule has 0 spiro atoms. The molecule has 0 saturated heterocycles. The SMILES string of the molecule is CCNCC(=O)Nn1c(-c2ccccc2)nc2ccccc2c1=O. The Bertz CT molecular complexity index is 919. The second-order valence-corrected chi connectivity index (χ2v) is 5.27. The van der Waals surface area contributed by atoms with Crippen LogP contribution in [0.3, 0.4) is 0 Å². The van der Waals surface area contributed by atoms with Gasteiger partial charge in [-0.15, -0.1) is 0 Å². The van der Waals surface area contributed by atoms with Gasteiger partial charge in [-0.05, 0) is 18.7 Å². The van der Waals surface area contributed by atoms with Crippen LogP contribution in [0.4, 0.5) is 0 Å². The molecule has 1 heterocycles. The third-order valence-corrected chi connectivity index (χ3v) is 3.58. The lowest BCUT2D eigenvalue weighted by Crippen LogP contribution is -2.39. The summed E-state index contributed by atoms with van der Waals surface area (Å²) in [5.74, 6) is 0.109. The van der Waals surface area contributed by atoms with Gasteiger partial charge in [-0.2, -0.15) is 4.68 Å². The molecule has 1 amide bonds. The van der Waals surface area contributed by atoms with Crippen LogP contribution in [0.2, 0.25) is 0 Å². The molecule has 6 nitrogen and oxygen atoms in total. The Kier molecular flexibility index (Phi) is 4.67. The highest BCUT2D eigenvalue weighted by Crippen LogP contribution is 2.17. The molecule has 0 aliphatic carbocycles. The van der Waals surface area contributed by atoms with Gasteiger partial charge < -0.3 is 5.32 Å². The van der Waals surface area contributed by atoms with Crippen LogP contribution < -0.4 is 16.3 Å². The van der Waals surface area contributed by atoms with Gasteiger partial charge in [-0.3, -0.25) is 15.0 Å². The molecular formula is C18H18N4O2. The van der Waals surface area contributed by atoms with Crippen molar-refractivity contribution in [3.8, 4) is 11.4 Å². The van der Waals surface area contributed by atoms with Gasteiger partial charge in [0.1, 0.15) is 0 Å². The van der Waals surface area contributed by atoms with E-state index < -0.39 is 0 Å². The van der Waals surface area contributed by atoms with Crippen molar-refractivity contribution in [2.75, 3.05) is 18.5 Å². The number of hydrogen-bond acceptors (Lipinski definition) is 4. The standard InChI is InChI=1S/C18H18N4O2/c1-2-19-12-16(23)21-22-17(13-8-4-3-5-9-13)20-15-11-7-6-10-14(15)18(22)24/h3-11,19H,2,12H2,1H3,(H,21,23). The van der Waals surface area contributed by atoms with E-state index in [1.807, 2.05) is 43.3 Å². The summed E-state index contributed by atoms with van der Waals surface area (Å²) in [5.41, 5.74) is 3.69. The normalized spacial score (nSPS) is 10.7. The lowest BCUT2D eigenvalue weighted by molar-refractivity contribution is -0.116. The molecule has 6 heteroatoms. The van der Waals surface area contributed by atoms with Crippen molar-refractivity contribution in [3.63, 3.8) is 0 Å². The zero-order valence-electron chi connectivity index (χ0n) is 13.3. The number of carbonyl (C=O) groups is 1. The minimum Gasteiger partial charge on any atom is -0.309 e. The first kappa shape index (κ1) is 15.9. The molecule has 1 aromatic heterocycles. The summed E-state index contributed by atoms with van der Waals surface area (Å²) in [6.07, 6.45) is 0. The maximum Gasteiger partial charge on any atom is 0.280 e. The van der Waals surface area contributed by atoms with Crippen LogP contribution >= 0.6 is 0 Å². The number of fused-ring (bicyclic) bond motifs is 1. The summed E-state index contributed by atoms with van der Waals surface area (Å²) in [7, 11) is 0. The summed E-state index contributed by atoms with van der Waals surface area (Å²) in [5, 5.41) is 3.40. The molecule has 3 rings (SSSR count). The molecule has 122 valence electrons. The number of amides is 1. The second kappa shape index (κ2) is 7.06.